The van der Waals surface area contributed by atoms with Crippen LogP contribution in [0.4, 0.5) is 0 Å². The minimum absolute atomic E-state index is 0.107. The Bertz CT molecular complexity index is 1930. The molecule has 0 aliphatic carbocycles. The highest BCUT2D eigenvalue weighted by Gasteiger charge is 2.30. The lowest BCUT2D eigenvalue weighted by Gasteiger charge is -2.21. The van der Waals surface area contributed by atoms with Gasteiger partial charge in [-0.1, -0.05) is 375 Å². The van der Waals surface area contributed by atoms with Crippen LogP contribution in [0.3, 0.4) is 0 Å². The number of phosphoric acid groups is 2. The molecule has 100 heavy (non-hydrogen) atoms. The molecule has 0 heterocycles. The van der Waals surface area contributed by atoms with Crippen LogP contribution in [0.15, 0.2) is 0 Å². The number of hydrogen-bond acceptors (Lipinski definition) is 15. The number of esters is 4. The van der Waals surface area contributed by atoms with Gasteiger partial charge in [-0.3, -0.25) is 37.3 Å². The van der Waals surface area contributed by atoms with E-state index in [-0.39, 0.29) is 25.7 Å². The van der Waals surface area contributed by atoms with Gasteiger partial charge in [0.15, 0.2) is 12.2 Å². The topological polar surface area (TPSA) is 237 Å². The van der Waals surface area contributed by atoms with E-state index in [4.69, 9.17) is 37.0 Å². The van der Waals surface area contributed by atoms with Crippen LogP contribution in [0, 0.1) is 11.8 Å². The van der Waals surface area contributed by atoms with E-state index in [9.17, 15) is 43.2 Å². The average Bonchev–Trinajstić information content (AvgIpc) is 0.934. The first kappa shape index (κ1) is 98.1. The van der Waals surface area contributed by atoms with Gasteiger partial charge in [-0.25, -0.2) is 9.13 Å². The minimum atomic E-state index is -4.96. The molecular weight excluding hydrogens is 1310 g/mol. The van der Waals surface area contributed by atoms with E-state index in [2.05, 4.69) is 41.5 Å². The third-order valence-electron chi connectivity index (χ3n) is 19.3. The van der Waals surface area contributed by atoms with Crippen molar-refractivity contribution in [2.24, 2.45) is 11.8 Å². The summed E-state index contributed by atoms with van der Waals surface area (Å²) in [7, 11) is -9.91. The summed E-state index contributed by atoms with van der Waals surface area (Å²) in [6, 6.07) is 0. The zero-order chi connectivity index (χ0) is 73.5. The Labute approximate surface area is 613 Å². The monoisotopic (exact) mass is 1470 g/mol. The number of ether oxygens (including phenoxy) is 4. The molecule has 17 nitrogen and oxygen atoms in total. The van der Waals surface area contributed by atoms with Crippen LogP contribution in [0.5, 0.6) is 0 Å². The third-order valence-corrected chi connectivity index (χ3v) is 21.2. The van der Waals surface area contributed by atoms with E-state index in [1.54, 1.807) is 0 Å². The van der Waals surface area contributed by atoms with Gasteiger partial charge in [-0.15, -0.1) is 0 Å². The Kier molecular flexibility index (Phi) is 71.2. The molecule has 0 radical (unpaired) electrons. The van der Waals surface area contributed by atoms with E-state index in [1.165, 1.54) is 244 Å². The Balaban J connectivity index is 5.18. The number of unbranched alkanes of at least 4 members (excludes halogenated alkanes) is 49. The second kappa shape index (κ2) is 72.6. The molecule has 0 aliphatic rings. The first-order valence-corrected chi connectivity index (χ1v) is 45.0. The number of carbonyl (C=O) groups is 4. The molecule has 3 N–H and O–H groups in total. The van der Waals surface area contributed by atoms with Crippen LogP contribution in [0.25, 0.3) is 0 Å². The molecule has 0 aliphatic heterocycles. The summed E-state index contributed by atoms with van der Waals surface area (Å²) in [6.45, 7) is 9.71. The number of aliphatic hydroxyl groups excluding tert-OH is 1. The zero-order valence-corrected chi connectivity index (χ0v) is 67.3. The van der Waals surface area contributed by atoms with Crippen molar-refractivity contribution in [3.05, 3.63) is 0 Å². The van der Waals surface area contributed by atoms with E-state index in [0.29, 0.717) is 25.7 Å². The summed E-state index contributed by atoms with van der Waals surface area (Å²) in [5, 5.41) is 10.6. The van der Waals surface area contributed by atoms with Gasteiger partial charge in [0.1, 0.15) is 19.3 Å². The van der Waals surface area contributed by atoms with E-state index in [1.807, 2.05) is 0 Å². The summed E-state index contributed by atoms with van der Waals surface area (Å²) in [6.07, 6.45) is 62.4. The molecule has 0 bridgehead atoms. The molecule has 0 spiro atoms. The molecule has 19 heteroatoms. The first-order chi connectivity index (χ1) is 48.4. The van der Waals surface area contributed by atoms with E-state index < -0.39 is 97.5 Å². The molecule has 0 aromatic heterocycles. The summed E-state index contributed by atoms with van der Waals surface area (Å²) in [5.41, 5.74) is 0. The van der Waals surface area contributed by atoms with Crippen LogP contribution in [-0.4, -0.2) is 96.7 Å². The smallest absolute Gasteiger partial charge is 0.462 e. The summed E-state index contributed by atoms with van der Waals surface area (Å²) < 4.78 is 68.6. The lowest BCUT2D eigenvalue weighted by atomic mass is 9.99. The van der Waals surface area contributed by atoms with Crippen LogP contribution in [0.2, 0.25) is 0 Å². The lowest BCUT2D eigenvalue weighted by Crippen LogP contribution is -2.30. The van der Waals surface area contributed by atoms with Gasteiger partial charge in [0.2, 0.25) is 0 Å². The van der Waals surface area contributed by atoms with Gasteiger partial charge < -0.3 is 33.8 Å². The highest BCUT2D eigenvalue weighted by Crippen LogP contribution is 2.45. The molecule has 3 unspecified atom stereocenters. The summed E-state index contributed by atoms with van der Waals surface area (Å²) in [4.78, 5) is 72.9. The fourth-order valence-electron chi connectivity index (χ4n) is 12.5. The van der Waals surface area contributed by atoms with Gasteiger partial charge in [0, 0.05) is 25.7 Å². The van der Waals surface area contributed by atoms with Gasteiger partial charge in [-0.05, 0) is 37.5 Å². The molecule has 6 atom stereocenters. The molecule has 0 rings (SSSR count). The maximum atomic E-state index is 13.1. The maximum Gasteiger partial charge on any atom is 0.472 e. The molecule has 0 aromatic rings. The number of hydrogen-bond donors (Lipinski definition) is 3. The Morgan fingerprint density at radius 1 is 0.290 bits per heavy atom. The molecule has 0 amide bonds. The number of rotatable bonds is 80. The van der Waals surface area contributed by atoms with Crippen molar-refractivity contribution in [2.45, 2.75) is 445 Å². The normalized spacial score (nSPS) is 14.2. The Hall–Kier alpha value is -1.94. The standard InChI is InChI=1S/C81H158O17P2/c1-7-10-12-14-16-18-39-45-51-57-63-78(83)91-69-76(97-80(85)65-59-53-47-40-19-17-15-13-11-8-2)71-95-99(87,88)93-67-75(82)68-94-100(89,90)96-72-77(70-92-79(84)64-58-52-46-41-35-31-28-24-25-29-33-37-43-49-55-61-73(4)5)98-81(86)66-60-54-48-42-36-32-27-23-21-20-22-26-30-34-38-44-50-56-62-74(6)9-3/h73-77,82H,7-72H2,1-6H3,(H,87,88)(H,89,90)/t74?,75-,76+,77+/m0/s1. The molecular formula is C81H158O17P2. The van der Waals surface area contributed by atoms with Crippen LogP contribution < -0.4 is 0 Å². The van der Waals surface area contributed by atoms with Crippen LogP contribution in [0.1, 0.15) is 427 Å². The SMILES string of the molecule is CCCCCCCCCCCCC(=O)OC[C@H](COP(=O)(O)OC[C@H](O)COP(=O)(O)OC[C@@H](COC(=O)CCCCCCCCCCCCCCCCCC(C)C)OC(=O)CCCCCCCCCCCCCCCCCCCCC(C)CC)OC(=O)CCCCCCCCCCCC. The minimum Gasteiger partial charge on any atom is -0.462 e. The predicted molar refractivity (Wildman–Crippen MR) is 409 cm³/mol. The second-order valence-electron chi connectivity index (χ2n) is 29.9. The van der Waals surface area contributed by atoms with Crippen molar-refractivity contribution in [3.8, 4) is 0 Å². The van der Waals surface area contributed by atoms with E-state index >= 15 is 0 Å². The van der Waals surface area contributed by atoms with Gasteiger partial charge in [0.05, 0.1) is 26.4 Å². The van der Waals surface area contributed by atoms with Crippen molar-refractivity contribution in [1.29, 1.82) is 0 Å². The number of carbonyl (C=O) groups excluding carboxylic acids is 4. The van der Waals surface area contributed by atoms with Crippen molar-refractivity contribution in [1.82, 2.24) is 0 Å². The highest BCUT2D eigenvalue weighted by molar-refractivity contribution is 7.47. The molecule has 0 aromatic carbocycles. The number of aliphatic hydroxyl groups is 1. The van der Waals surface area contributed by atoms with E-state index in [0.717, 1.165) is 102 Å². The van der Waals surface area contributed by atoms with Crippen molar-refractivity contribution in [3.63, 3.8) is 0 Å². The Morgan fingerprint density at radius 3 is 0.760 bits per heavy atom. The maximum absolute atomic E-state index is 13.1. The molecule has 0 saturated carbocycles. The third kappa shape index (κ3) is 73.0. The van der Waals surface area contributed by atoms with Gasteiger partial charge in [-0.2, -0.15) is 0 Å². The Morgan fingerprint density at radius 2 is 0.510 bits per heavy atom. The predicted octanol–water partition coefficient (Wildman–Crippen LogP) is 24.3. The van der Waals surface area contributed by atoms with Crippen molar-refractivity contribution in [2.75, 3.05) is 39.6 Å². The molecule has 0 saturated heterocycles. The zero-order valence-electron chi connectivity index (χ0n) is 65.5. The lowest BCUT2D eigenvalue weighted by molar-refractivity contribution is -0.161. The van der Waals surface area contributed by atoms with Gasteiger partial charge >= 0.3 is 39.5 Å². The average molecular weight is 1470 g/mol. The quantitative estimate of drug-likeness (QED) is 0.0222. The fourth-order valence-corrected chi connectivity index (χ4v) is 14.1. The largest absolute Gasteiger partial charge is 0.472 e. The van der Waals surface area contributed by atoms with Gasteiger partial charge in [0.25, 0.3) is 0 Å². The molecule has 0 fully saturated rings. The van der Waals surface area contributed by atoms with Crippen LogP contribution >= 0.6 is 15.6 Å². The summed E-state index contributed by atoms with van der Waals surface area (Å²) >= 11 is 0. The van der Waals surface area contributed by atoms with Crippen LogP contribution in [-0.2, 0) is 65.4 Å². The molecule has 594 valence electrons. The highest BCUT2D eigenvalue weighted by atomic mass is 31.2. The number of phosphoric ester groups is 2. The second-order valence-corrected chi connectivity index (χ2v) is 32.8. The fraction of sp³-hybridized carbons (Fsp3) is 0.951. The summed E-state index contributed by atoms with van der Waals surface area (Å²) in [5.74, 6) is -0.432. The van der Waals surface area contributed by atoms with Crippen molar-refractivity contribution >= 4 is 39.5 Å². The van der Waals surface area contributed by atoms with Crippen molar-refractivity contribution < 1.29 is 80.2 Å². The first-order valence-electron chi connectivity index (χ1n) is 42.0.